The van der Waals surface area contributed by atoms with E-state index in [0.29, 0.717) is 9.90 Å². The Labute approximate surface area is 147 Å². The average Bonchev–Trinajstić information content (AvgIpc) is 3.09. The number of thiophene rings is 1. The average molecular weight is 363 g/mol. The number of aryl methyl sites for hydroxylation is 1. The number of ketones is 1. The zero-order chi connectivity index (χ0) is 17.4. The minimum atomic E-state index is -0.760. The summed E-state index contributed by atoms with van der Waals surface area (Å²) in [5, 5.41) is 5.94. The van der Waals surface area contributed by atoms with E-state index in [0.717, 1.165) is 21.6 Å². The van der Waals surface area contributed by atoms with Crippen molar-refractivity contribution in [2.75, 3.05) is 0 Å². The fourth-order valence-corrected chi connectivity index (χ4v) is 3.51. The molecule has 0 aliphatic heterocycles. The molecule has 0 amide bonds. The van der Waals surface area contributed by atoms with Crippen LogP contribution in [0.3, 0.4) is 0 Å². The first kappa shape index (κ1) is 16.7. The van der Waals surface area contributed by atoms with E-state index in [1.165, 1.54) is 18.3 Å². The number of benzene rings is 1. The summed E-state index contributed by atoms with van der Waals surface area (Å²) in [7, 11) is 0. The van der Waals surface area contributed by atoms with Crippen molar-refractivity contribution >= 4 is 44.9 Å². The molecule has 0 bridgehead atoms. The van der Waals surface area contributed by atoms with Crippen LogP contribution in [0.4, 0.5) is 0 Å². The highest BCUT2D eigenvalue weighted by Gasteiger charge is 2.21. The lowest BCUT2D eigenvalue weighted by molar-refractivity contribution is -0.124. The molecule has 1 unspecified atom stereocenters. The largest absolute Gasteiger partial charge is 0.450 e. The predicted octanol–water partition coefficient (Wildman–Crippen LogP) is 4.18. The van der Waals surface area contributed by atoms with Crippen molar-refractivity contribution < 1.29 is 14.3 Å². The number of ether oxygens (including phenoxy) is 1. The van der Waals surface area contributed by atoms with Crippen molar-refractivity contribution in [3.05, 3.63) is 45.9 Å². The molecule has 24 heavy (non-hydrogen) atoms. The van der Waals surface area contributed by atoms with Crippen LogP contribution in [-0.2, 0) is 9.53 Å². The predicted molar refractivity (Wildman–Crippen MR) is 94.3 cm³/mol. The van der Waals surface area contributed by atoms with E-state index >= 15 is 0 Å². The first-order valence-electron chi connectivity index (χ1n) is 7.34. The monoisotopic (exact) mass is 362 g/mol. The minimum Gasteiger partial charge on any atom is -0.450 e. The zero-order valence-electron chi connectivity index (χ0n) is 13.4. The van der Waals surface area contributed by atoms with Crippen molar-refractivity contribution in [1.82, 2.24) is 9.78 Å². The lowest BCUT2D eigenvalue weighted by Crippen LogP contribution is -2.21. The van der Waals surface area contributed by atoms with Gasteiger partial charge in [0, 0.05) is 5.39 Å². The normalized spacial score (nSPS) is 12.3. The molecule has 2 aromatic heterocycles. The molecule has 0 radical (unpaired) electrons. The highest BCUT2D eigenvalue weighted by Crippen LogP contribution is 2.32. The molecule has 0 fully saturated rings. The molecule has 124 valence electrons. The van der Waals surface area contributed by atoms with Gasteiger partial charge < -0.3 is 4.74 Å². The molecule has 0 spiro atoms. The first-order chi connectivity index (χ1) is 11.4. The SMILES string of the molecule is CC(=O)C(C)OC(=O)c1cc2c(C)nn(-c3ccccc3Cl)c2s1. The van der Waals surface area contributed by atoms with Gasteiger partial charge in [0.1, 0.15) is 9.71 Å². The molecule has 5 nitrogen and oxygen atoms in total. The molecular weight excluding hydrogens is 348 g/mol. The Morgan fingerprint density at radius 3 is 2.71 bits per heavy atom. The number of nitrogens with zero attached hydrogens (tertiary/aromatic N) is 2. The van der Waals surface area contributed by atoms with Crippen LogP contribution in [0.25, 0.3) is 15.9 Å². The van der Waals surface area contributed by atoms with Crippen molar-refractivity contribution in [2.45, 2.75) is 26.9 Å². The minimum absolute atomic E-state index is 0.192. The maximum Gasteiger partial charge on any atom is 0.349 e. The second-order valence-electron chi connectivity index (χ2n) is 5.44. The number of halogens is 1. The van der Waals surface area contributed by atoms with Crippen LogP contribution in [0, 0.1) is 6.92 Å². The smallest absolute Gasteiger partial charge is 0.349 e. The molecule has 0 aliphatic carbocycles. The van der Waals surface area contributed by atoms with Gasteiger partial charge in [-0.2, -0.15) is 5.10 Å². The van der Waals surface area contributed by atoms with Crippen molar-refractivity contribution in [2.24, 2.45) is 0 Å². The van der Waals surface area contributed by atoms with Crippen LogP contribution >= 0.6 is 22.9 Å². The van der Waals surface area contributed by atoms with Gasteiger partial charge in [-0.3, -0.25) is 4.79 Å². The fourth-order valence-electron chi connectivity index (χ4n) is 2.24. The van der Waals surface area contributed by atoms with Crippen molar-refractivity contribution in [1.29, 1.82) is 0 Å². The number of para-hydroxylation sites is 1. The Bertz CT molecular complexity index is 945. The number of Topliss-reactive ketones (excluding diaryl/α,β-unsaturated/α-hetero) is 1. The van der Waals surface area contributed by atoms with E-state index in [1.807, 2.05) is 25.1 Å². The Kier molecular flexibility index (Phi) is 4.43. The number of carbonyl (C=O) groups excluding carboxylic acids is 2. The standard InChI is InChI=1S/C17H15ClN2O3S/c1-9-12-8-15(17(22)23-11(3)10(2)21)24-16(12)20(19-9)14-7-5-4-6-13(14)18/h4-8,11H,1-3H3. The Balaban J connectivity index is 2.03. The summed E-state index contributed by atoms with van der Waals surface area (Å²) < 4.78 is 6.90. The lowest BCUT2D eigenvalue weighted by Gasteiger charge is -2.08. The van der Waals surface area contributed by atoms with Crippen LogP contribution in [0.15, 0.2) is 30.3 Å². The Morgan fingerprint density at radius 2 is 2.04 bits per heavy atom. The third-order valence-corrected chi connectivity index (χ3v) is 5.09. The van der Waals surface area contributed by atoms with Gasteiger partial charge in [-0.05, 0) is 39.0 Å². The summed E-state index contributed by atoms with van der Waals surface area (Å²) in [5.74, 6) is -0.702. The lowest BCUT2D eigenvalue weighted by atomic mass is 10.3. The van der Waals surface area contributed by atoms with E-state index in [1.54, 1.807) is 23.7 Å². The van der Waals surface area contributed by atoms with E-state index in [-0.39, 0.29) is 5.78 Å². The topological polar surface area (TPSA) is 61.2 Å². The van der Waals surface area contributed by atoms with Gasteiger partial charge in [-0.1, -0.05) is 23.7 Å². The molecule has 2 heterocycles. The number of fused-ring (bicyclic) bond motifs is 1. The van der Waals surface area contributed by atoms with Crippen LogP contribution in [0.1, 0.15) is 29.2 Å². The van der Waals surface area contributed by atoms with E-state index in [9.17, 15) is 9.59 Å². The quantitative estimate of drug-likeness (QED) is 0.653. The van der Waals surface area contributed by atoms with Gasteiger partial charge in [0.25, 0.3) is 0 Å². The van der Waals surface area contributed by atoms with E-state index in [4.69, 9.17) is 16.3 Å². The third kappa shape index (κ3) is 2.95. The number of esters is 1. The Morgan fingerprint density at radius 1 is 1.33 bits per heavy atom. The molecule has 1 aromatic carbocycles. The van der Waals surface area contributed by atoms with Crippen LogP contribution < -0.4 is 0 Å². The molecule has 0 aliphatic rings. The summed E-state index contributed by atoms with van der Waals surface area (Å²) in [6.45, 7) is 4.82. The Hall–Kier alpha value is -2.18. The van der Waals surface area contributed by atoms with Crippen LogP contribution in [0.2, 0.25) is 5.02 Å². The van der Waals surface area contributed by atoms with Gasteiger partial charge >= 0.3 is 5.97 Å². The van der Waals surface area contributed by atoms with Crippen LogP contribution in [-0.4, -0.2) is 27.6 Å². The fraction of sp³-hybridized carbons (Fsp3) is 0.235. The summed E-state index contributed by atoms with van der Waals surface area (Å²) in [6, 6.07) is 9.12. The van der Waals surface area contributed by atoms with Crippen molar-refractivity contribution in [3.63, 3.8) is 0 Å². The summed E-state index contributed by atoms with van der Waals surface area (Å²) in [4.78, 5) is 24.7. The third-order valence-electron chi connectivity index (χ3n) is 3.68. The van der Waals surface area contributed by atoms with Gasteiger partial charge in [0.2, 0.25) is 0 Å². The van der Waals surface area contributed by atoms with Gasteiger partial charge in [-0.15, -0.1) is 11.3 Å². The van der Waals surface area contributed by atoms with Gasteiger partial charge in [-0.25, -0.2) is 9.48 Å². The molecule has 0 saturated heterocycles. The molecule has 0 N–H and O–H groups in total. The van der Waals surface area contributed by atoms with E-state index in [2.05, 4.69) is 5.10 Å². The summed E-state index contributed by atoms with van der Waals surface area (Å²) >= 11 is 7.52. The number of carbonyl (C=O) groups is 2. The second-order valence-corrected chi connectivity index (χ2v) is 6.87. The molecular formula is C17H15ClN2O3S. The first-order valence-corrected chi connectivity index (χ1v) is 8.53. The van der Waals surface area contributed by atoms with Gasteiger partial charge in [0.05, 0.1) is 16.4 Å². The number of rotatable bonds is 4. The zero-order valence-corrected chi connectivity index (χ0v) is 14.9. The van der Waals surface area contributed by atoms with Gasteiger partial charge in [0.15, 0.2) is 11.9 Å². The maximum absolute atomic E-state index is 12.2. The number of hydrogen-bond donors (Lipinski definition) is 0. The highest BCUT2D eigenvalue weighted by atomic mass is 35.5. The van der Waals surface area contributed by atoms with Crippen LogP contribution in [0.5, 0.6) is 0 Å². The summed E-state index contributed by atoms with van der Waals surface area (Å²) in [6.07, 6.45) is -0.760. The molecule has 1 atom stereocenters. The number of aromatic nitrogens is 2. The molecule has 7 heteroatoms. The second kappa shape index (κ2) is 6.37. The number of hydrogen-bond acceptors (Lipinski definition) is 5. The van der Waals surface area contributed by atoms with Crippen molar-refractivity contribution in [3.8, 4) is 5.69 Å². The highest BCUT2D eigenvalue weighted by molar-refractivity contribution is 7.20. The molecule has 0 saturated carbocycles. The summed E-state index contributed by atoms with van der Waals surface area (Å²) in [5.41, 5.74) is 1.54. The van der Waals surface area contributed by atoms with E-state index < -0.39 is 12.1 Å². The molecule has 3 aromatic rings. The maximum atomic E-state index is 12.2. The molecule has 3 rings (SSSR count).